The molecule has 4 heterocycles. The van der Waals surface area contributed by atoms with Crippen molar-refractivity contribution in [3.63, 3.8) is 0 Å². The van der Waals surface area contributed by atoms with Crippen molar-refractivity contribution in [1.29, 1.82) is 0 Å². The molecule has 4 unspecified atom stereocenters. The van der Waals surface area contributed by atoms with Gasteiger partial charge in [0.15, 0.2) is 12.2 Å². The lowest BCUT2D eigenvalue weighted by atomic mass is 9.71. The summed E-state index contributed by atoms with van der Waals surface area (Å²) in [6.07, 6.45) is 6.58. The van der Waals surface area contributed by atoms with Crippen molar-refractivity contribution in [2.45, 2.75) is 129 Å². The van der Waals surface area contributed by atoms with E-state index in [2.05, 4.69) is 72.8 Å². The van der Waals surface area contributed by atoms with Crippen molar-refractivity contribution >= 4 is 22.9 Å². The molecule has 65 heavy (non-hydrogen) atoms. The quantitative estimate of drug-likeness (QED) is 0.0433. The van der Waals surface area contributed by atoms with Crippen LogP contribution >= 0.6 is 0 Å². The van der Waals surface area contributed by atoms with Gasteiger partial charge >= 0.3 is 17.6 Å². The highest BCUT2D eigenvalue weighted by Crippen LogP contribution is 2.52. The molecule has 1 saturated carbocycles. The van der Waals surface area contributed by atoms with Crippen LogP contribution in [0.25, 0.3) is 11.0 Å². The average molecular weight is 883 g/mol. The summed E-state index contributed by atoms with van der Waals surface area (Å²) in [6, 6.07) is 31.1. The van der Waals surface area contributed by atoms with Crippen LogP contribution in [0, 0.1) is 11.8 Å². The molecule has 1 aromatic heterocycles. The molecule has 1 aliphatic carbocycles. The Morgan fingerprint density at radius 2 is 1.51 bits per heavy atom. The number of ether oxygens (including phenoxy) is 4. The van der Waals surface area contributed by atoms with Gasteiger partial charge in [0.2, 0.25) is 0 Å². The van der Waals surface area contributed by atoms with E-state index in [-0.39, 0.29) is 48.0 Å². The van der Waals surface area contributed by atoms with Gasteiger partial charge in [-0.1, -0.05) is 104 Å². The number of carbonyl (C=O) groups excluding carboxylic acids is 2. The van der Waals surface area contributed by atoms with Gasteiger partial charge in [0.05, 0.1) is 18.8 Å². The third kappa shape index (κ3) is 10.5. The molecule has 1 fully saturated rings. The van der Waals surface area contributed by atoms with Crippen LogP contribution in [-0.4, -0.2) is 47.3 Å². The minimum absolute atomic E-state index is 0.0305. The number of aliphatic hydroxyl groups is 2. The van der Waals surface area contributed by atoms with E-state index in [1.54, 1.807) is 12.1 Å². The van der Waals surface area contributed by atoms with Crippen LogP contribution in [-0.2, 0) is 62.5 Å². The van der Waals surface area contributed by atoms with Gasteiger partial charge in [0.1, 0.15) is 23.7 Å². The summed E-state index contributed by atoms with van der Waals surface area (Å²) < 4.78 is 31.8. The lowest BCUT2D eigenvalue weighted by molar-refractivity contribution is -0.201. The van der Waals surface area contributed by atoms with E-state index in [0.29, 0.717) is 41.5 Å². The first-order valence-corrected chi connectivity index (χ1v) is 23.4. The summed E-state index contributed by atoms with van der Waals surface area (Å²) in [6.45, 7) is 4.80. The fourth-order valence-electron chi connectivity index (χ4n) is 10.4. The van der Waals surface area contributed by atoms with Crippen molar-refractivity contribution in [3.8, 4) is 5.75 Å². The maximum absolute atomic E-state index is 14.9. The lowest BCUT2D eigenvalue weighted by Gasteiger charge is -2.50. The zero-order valence-corrected chi connectivity index (χ0v) is 37.9. The van der Waals surface area contributed by atoms with Crippen LogP contribution in [0.15, 0.2) is 111 Å². The van der Waals surface area contributed by atoms with Crippen molar-refractivity contribution in [3.05, 3.63) is 157 Å². The van der Waals surface area contributed by atoms with Crippen molar-refractivity contribution < 1.29 is 43.2 Å². The van der Waals surface area contributed by atoms with Gasteiger partial charge in [-0.05, 0) is 124 Å². The number of esters is 2. The Labute approximate surface area is 381 Å². The van der Waals surface area contributed by atoms with E-state index in [1.165, 1.54) is 16.7 Å². The van der Waals surface area contributed by atoms with E-state index in [4.69, 9.17) is 23.4 Å². The predicted octanol–water partition coefficient (Wildman–Crippen LogP) is 9.78. The second kappa shape index (κ2) is 20.7. The summed E-state index contributed by atoms with van der Waals surface area (Å²) >= 11 is 0. The van der Waals surface area contributed by atoms with E-state index in [0.717, 1.165) is 68.1 Å². The molecule has 3 aliphatic heterocycles. The van der Waals surface area contributed by atoms with Crippen molar-refractivity contribution in [2.75, 3.05) is 13.4 Å². The number of carbonyl (C=O) groups is 2. The molecule has 10 heteroatoms. The Balaban J connectivity index is 1.22. The highest BCUT2D eigenvalue weighted by molar-refractivity contribution is 5.90. The van der Waals surface area contributed by atoms with Gasteiger partial charge in [-0.15, -0.1) is 0 Å². The fourth-order valence-corrected chi connectivity index (χ4v) is 10.4. The van der Waals surface area contributed by atoms with E-state index >= 15 is 0 Å². The second-order valence-corrected chi connectivity index (χ2v) is 18.6. The summed E-state index contributed by atoms with van der Waals surface area (Å²) in [5.41, 5.74) is 6.35. The van der Waals surface area contributed by atoms with Crippen LogP contribution in [0.2, 0.25) is 0 Å². The monoisotopic (exact) mass is 882 g/mol. The van der Waals surface area contributed by atoms with Crippen LogP contribution in [0.4, 0.5) is 0 Å². The average Bonchev–Trinajstić information content (AvgIpc) is 3.30. The minimum Gasteiger partial charge on any atom is -0.483 e. The number of allylic oxidation sites excluding steroid dienone is 1. The van der Waals surface area contributed by atoms with E-state index < -0.39 is 48.8 Å². The SMILES string of the molecule is CC(C)=C1CCc2ccc(cc2)CC(CCc2cccc(Cc3ccccc3)c2)CC(=O)OC2c3c(ccc4c(CO)c(CCOCO)c(=O)oc34)OC(C)(C3CCCCC3)C2OC1=O. The Bertz CT molecular complexity index is 2550. The molecule has 0 spiro atoms. The van der Waals surface area contributed by atoms with Crippen molar-refractivity contribution in [2.24, 2.45) is 11.8 Å². The van der Waals surface area contributed by atoms with E-state index in [1.807, 2.05) is 26.8 Å². The first-order chi connectivity index (χ1) is 31.5. The first kappa shape index (κ1) is 46.0. The minimum atomic E-state index is -1.22. The molecule has 0 radical (unpaired) electrons. The zero-order valence-electron chi connectivity index (χ0n) is 37.9. The molecule has 4 aliphatic rings. The fraction of sp³-hybridized carbons (Fsp3) is 0.436. The Kier molecular flexibility index (Phi) is 14.7. The molecule has 0 amide bonds. The first-order valence-electron chi connectivity index (χ1n) is 23.4. The molecule has 342 valence electrons. The molecule has 0 saturated heterocycles. The highest BCUT2D eigenvalue weighted by atomic mass is 16.6. The molecule has 9 rings (SSSR count). The Hall–Kier alpha value is -5.55. The maximum Gasteiger partial charge on any atom is 0.339 e. The van der Waals surface area contributed by atoms with Gasteiger partial charge in [-0.2, -0.15) is 0 Å². The van der Waals surface area contributed by atoms with Gasteiger partial charge in [-0.25, -0.2) is 9.59 Å². The Morgan fingerprint density at radius 1 is 0.769 bits per heavy atom. The van der Waals surface area contributed by atoms with Gasteiger partial charge in [0.25, 0.3) is 0 Å². The number of hydrogen-bond donors (Lipinski definition) is 2. The summed E-state index contributed by atoms with van der Waals surface area (Å²) in [5, 5.41) is 20.4. The van der Waals surface area contributed by atoms with E-state index in [9.17, 15) is 24.6 Å². The summed E-state index contributed by atoms with van der Waals surface area (Å²) in [7, 11) is 0. The summed E-state index contributed by atoms with van der Waals surface area (Å²) in [4.78, 5) is 43.4. The number of hydrogen-bond acceptors (Lipinski definition) is 10. The summed E-state index contributed by atoms with van der Waals surface area (Å²) in [5.74, 6) is -0.760. The smallest absolute Gasteiger partial charge is 0.339 e. The predicted molar refractivity (Wildman–Crippen MR) is 248 cm³/mol. The highest BCUT2D eigenvalue weighted by Gasteiger charge is 2.56. The molecular formula is C55H62O10. The number of aryl methyl sites for hydroxylation is 2. The Morgan fingerprint density at radius 3 is 2.25 bits per heavy atom. The van der Waals surface area contributed by atoms with Crippen LogP contribution in [0.1, 0.15) is 123 Å². The lowest BCUT2D eigenvalue weighted by Crippen LogP contribution is -2.58. The molecule has 5 aromatic rings. The number of fused-ring (bicyclic) bond motifs is 13. The zero-order chi connectivity index (χ0) is 45.5. The molecular weight excluding hydrogens is 821 g/mol. The van der Waals surface area contributed by atoms with Crippen LogP contribution < -0.4 is 10.4 Å². The molecule has 2 N–H and O–H groups in total. The molecule has 4 atom stereocenters. The normalized spacial score (nSPS) is 21.9. The standard InChI is InChI=1S/C55H62O10/c1-35(2)43-24-23-36-17-19-39(20-18-36)31-41(22-21-38-13-10-14-40(30-38)29-37-11-6-4-7-12-37)32-48(58)62-51-49-47(65-55(3,52(51)64-53(43)59)42-15-8-5-9-16-42)26-25-44-46(33-56)45(27-28-61-34-57)54(60)63-50(44)49/h4,6-7,10-14,17-20,25-26,30,41-42,51-52,56-57H,5,8-9,15-16,21-24,27-29,31-34H2,1-3H3. The van der Waals surface area contributed by atoms with Gasteiger partial charge in [0, 0.05) is 35.3 Å². The molecule has 2 bridgehead atoms. The topological polar surface area (TPSA) is 142 Å². The van der Waals surface area contributed by atoms with Crippen LogP contribution in [0.3, 0.4) is 0 Å². The molecule has 4 aromatic carbocycles. The van der Waals surface area contributed by atoms with Gasteiger partial charge in [-0.3, -0.25) is 4.79 Å². The maximum atomic E-state index is 14.9. The number of rotatable bonds is 11. The third-order valence-electron chi connectivity index (χ3n) is 14.0. The molecule has 10 nitrogen and oxygen atoms in total. The van der Waals surface area contributed by atoms with Crippen molar-refractivity contribution in [1.82, 2.24) is 0 Å². The second-order valence-electron chi connectivity index (χ2n) is 18.6. The number of benzene rings is 4. The van der Waals surface area contributed by atoms with Gasteiger partial charge < -0.3 is 33.6 Å². The van der Waals surface area contributed by atoms with Crippen LogP contribution in [0.5, 0.6) is 5.75 Å². The third-order valence-corrected chi connectivity index (χ3v) is 14.0. The largest absolute Gasteiger partial charge is 0.483 e. The number of aliphatic hydroxyl groups excluding tert-OH is 2.